The Bertz CT molecular complexity index is 121. The van der Waals surface area contributed by atoms with E-state index in [1.165, 1.54) is 17.9 Å². The van der Waals surface area contributed by atoms with Crippen LogP contribution in [0.2, 0.25) is 0 Å². The molecule has 0 aliphatic carbocycles. The maximum atomic E-state index is 11.2. The lowest BCUT2D eigenvalue weighted by Gasteiger charge is -2.02. The van der Waals surface area contributed by atoms with Crippen LogP contribution in [0, 0.1) is 5.92 Å². The van der Waals surface area contributed by atoms with Gasteiger partial charge in [0.25, 0.3) is 0 Å². The molecule has 0 spiro atoms. The van der Waals surface area contributed by atoms with Crippen LogP contribution in [0.25, 0.3) is 0 Å². The third kappa shape index (κ3) is 6.71. The highest BCUT2D eigenvalue weighted by molar-refractivity contribution is 7.99. The first-order valence-corrected chi connectivity index (χ1v) is 5.94. The summed E-state index contributed by atoms with van der Waals surface area (Å²) in [5.41, 5.74) is 0. The van der Waals surface area contributed by atoms with Gasteiger partial charge in [0.05, 0.1) is 0 Å². The summed E-state index contributed by atoms with van der Waals surface area (Å²) in [6.07, 6.45) is 3.04. The molecule has 1 nitrogen and oxygen atoms in total. The lowest BCUT2D eigenvalue weighted by Crippen LogP contribution is -2.06. The fourth-order valence-corrected chi connectivity index (χ4v) is 1.63. The molecule has 0 unspecified atom stereocenters. The van der Waals surface area contributed by atoms with E-state index in [1.807, 2.05) is 25.6 Å². The first-order valence-electron chi connectivity index (χ1n) is 4.79. The summed E-state index contributed by atoms with van der Waals surface area (Å²) in [6, 6.07) is 0. The maximum Gasteiger partial charge on any atom is 0.135 e. The summed E-state index contributed by atoms with van der Waals surface area (Å²) < 4.78 is 0. The van der Waals surface area contributed by atoms with E-state index in [4.69, 9.17) is 0 Å². The van der Waals surface area contributed by atoms with Gasteiger partial charge in [-0.25, -0.2) is 0 Å². The van der Waals surface area contributed by atoms with Crippen LogP contribution in [0.1, 0.15) is 40.0 Å². The van der Waals surface area contributed by atoms with Gasteiger partial charge in [-0.05, 0) is 24.3 Å². The fraction of sp³-hybridized carbons (Fsp3) is 0.900. The number of thioether (sulfide) groups is 1. The van der Waals surface area contributed by atoms with Crippen LogP contribution in [-0.2, 0) is 4.79 Å². The molecule has 2 heteroatoms. The van der Waals surface area contributed by atoms with Crippen molar-refractivity contribution >= 4 is 17.5 Å². The highest BCUT2D eigenvalue weighted by Gasteiger charge is 2.05. The Balaban J connectivity index is 3.14. The molecule has 0 aliphatic heterocycles. The van der Waals surface area contributed by atoms with Crippen LogP contribution in [0.4, 0.5) is 0 Å². The monoisotopic (exact) mass is 188 g/mol. The molecule has 0 aromatic rings. The van der Waals surface area contributed by atoms with E-state index in [0.29, 0.717) is 5.78 Å². The molecule has 0 saturated heterocycles. The summed E-state index contributed by atoms with van der Waals surface area (Å²) >= 11 is 1.96. The molecule has 72 valence electrons. The van der Waals surface area contributed by atoms with Crippen LogP contribution in [0.3, 0.4) is 0 Å². The van der Waals surface area contributed by atoms with Crippen molar-refractivity contribution in [1.29, 1.82) is 0 Å². The summed E-state index contributed by atoms with van der Waals surface area (Å²) in [7, 11) is 0. The molecule has 0 atom stereocenters. The van der Waals surface area contributed by atoms with Crippen molar-refractivity contribution < 1.29 is 4.79 Å². The Morgan fingerprint density at radius 2 is 2.00 bits per heavy atom. The molecule has 0 bridgehead atoms. The Kier molecular flexibility index (Phi) is 7.67. The highest BCUT2D eigenvalue weighted by Crippen LogP contribution is 2.08. The van der Waals surface area contributed by atoms with E-state index in [1.54, 1.807) is 0 Å². The first kappa shape index (κ1) is 12.0. The zero-order valence-corrected chi connectivity index (χ0v) is 9.25. The van der Waals surface area contributed by atoms with Gasteiger partial charge in [0.15, 0.2) is 0 Å². The highest BCUT2D eigenvalue weighted by atomic mass is 32.2. The molecule has 0 rings (SSSR count). The van der Waals surface area contributed by atoms with Gasteiger partial charge in [0.2, 0.25) is 0 Å². The Labute approximate surface area is 80.3 Å². The lowest BCUT2D eigenvalue weighted by molar-refractivity contribution is -0.121. The summed E-state index contributed by atoms with van der Waals surface area (Å²) in [5, 5.41) is 0. The van der Waals surface area contributed by atoms with Crippen molar-refractivity contribution in [3.8, 4) is 0 Å². The van der Waals surface area contributed by atoms with E-state index >= 15 is 0 Å². The van der Waals surface area contributed by atoms with Gasteiger partial charge in [0, 0.05) is 12.3 Å². The molecule has 12 heavy (non-hydrogen) atoms. The third-order valence-electron chi connectivity index (χ3n) is 1.81. The molecule has 0 amide bonds. The molecular weight excluding hydrogens is 168 g/mol. The minimum Gasteiger partial charge on any atom is -0.299 e. The third-order valence-corrected chi connectivity index (χ3v) is 2.80. The van der Waals surface area contributed by atoms with E-state index < -0.39 is 0 Å². The van der Waals surface area contributed by atoms with Crippen molar-refractivity contribution in [3.63, 3.8) is 0 Å². The van der Waals surface area contributed by atoms with E-state index in [-0.39, 0.29) is 5.92 Å². The fourth-order valence-electron chi connectivity index (χ4n) is 0.936. The molecule has 0 saturated carbocycles. The summed E-state index contributed by atoms with van der Waals surface area (Å²) in [5.74, 6) is 3.04. The Hall–Kier alpha value is 0.0200. The van der Waals surface area contributed by atoms with E-state index in [9.17, 15) is 4.79 Å². The number of hydrogen-bond donors (Lipinski definition) is 0. The van der Waals surface area contributed by atoms with Gasteiger partial charge >= 0.3 is 0 Å². The minimum atomic E-state index is 0.226. The van der Waals surface area contributed by atoms with Crippen molar-refractivity contribution in [2.75, 3.05) is 11.5 Å². The van der Waals surface area contributed by atoms with E-state index in [2.05, 4.69) is 6.92 Å². The van der Waals surface area contributed by atoms with Crippen molar-refractivity contribution in [2.45, 2.75) is 40.0 Å². The van der Waals surface area contributed by atoms with Crippen LogP contribution >= 0.6 is 11.8 Å². The second kappa shape index (κ2) is 7.66. The zero-order chi connectivity index (χ0) is 9.40. The molecule has 0 aromatic heterocycles. The molecule has 0 heterocycles. The molecule has 0 aliphatic rings. The quantitative estimate of drug-likeness (QED) is 0.571. The average Bonchev–Trinajstić information content (AvgIpc) is 2.03. The van der Waals surface area contributed by atoms with Gasteiger partial charge in [-0.1, -0.05) is 20.8 Å². The lowest BCUT2D eigenvalue weighted by atomic mass is 10.0. The van der Waals surface area contributed by atoms with Crippen LogP contribution < -0.4 is 0 Å². The molecule has 0 aromatic carbocycles. The zero-order valence-electron chi connectivity index (χ0n) is 8.43. The van der Waals surface area contributed by atoms with Gasteiger partial charge in [-0.2, -0.15) is 11.8 Å². The van der Waals surface area contributed by atoms with Crippen molar-refractivity contribution in [3.05, 3.63) is 0 Å². The number of ketones is 1. The standard InChI is InChI=1S/C10H20OS/c1-4-12-8-6-5-7-10(11)9(2)3/h9H,4-8H2,1-3H3. The minimum absolute atomic E-state index is 0.226. The van der Waals surface area contributed by atoms with Gasteiger partial charge in [-0.15, -0.1) is 0 Å². The normalized spacial score (nSPS) is 10.7. The molecule has 0 N–H and O–H groups in total. The predicted octanol–water partition coefficient (Wildman–Crippen LogP) is 3.13. The van der Waals surface area contributed by atoms with E-state index in [0.717, 1.165) is 12.8 Å². The predicted molar refractivity (Wildman–Crippen MR) is 56.7 cm³/mol. The van der Waals surface area contributed by atoms with Gasteiger partial charge in [-0.3, -0.25) is 4.79 Å². The summed E-state index contributed by atoms with van der Waals surface area (Å²) in [4.78, 5) is 11.2. The summed E-state index contributed by atoms with van der Waals surface area (Å²) in [6.45, 7) is 6.12. The number of rotatable bonds is 7. The second-order valence-corrected chi connectivity index (χ2v) is 4.67. The number of unbranched alkanes of at least 4 members (excludes halogenated alkanes) is 1. The Morgan fingerprint density at radius 3 is 2.50 bits per heavy atom. The topological polar surface area (TPSA) is 17.1 Å². The first-order chi connectivity index (χ1) is 5.68. The number of Topliss-reactive ketones (excluding diaryl/α,β-unsaturated/α-hetero) is 1. The van der Waals surface area contributed by atoms with Crippen molar-refractivity contribution in [1.82, 2.24) is 0 Å². The molecule has 0 radical (unpaired) electrons. The number of hydrogen-bond acceptors (Lipinski definition) is 2. The van der Waals surface area contributed by atoms with Crippen LogP contribution in [0.15, 0.2) is 0 Å². The SMILES string of the molecule is CCSCCCCC(=O)C(C)C. The molecule has 0 fully saturated rings. The van der Waals surface area contributed by atoms with Crippen LogP contribution in [-0.4, -0.2) is 17.3 Å². The number of carbonyl (C=O) groups excluding carboxylic acids is 1. The van der Waals surface area contributed by atoms with Crippen molar-refractivity contribution in [2.24, 2.45) is 5.92 Å². The van der Waals surface area contributed by atoms with Gasteiger partial charge < -0.3 is 0 Å². The number of carbonyl (C=O) groups is 1. The van der Waals surface area contributed by atoms with Gasteiger partial charge in [0.1, 0.15) is 5.78 Å². The average molecular weight is 188 g/mol. The second-order valence-electron chi connectivity index (χ2n) is 3.28. The maximum absolute atomic E-state index is 11.2. The van der Waals surface area contributed by atoms with Crippen LogP contribution in [0.5, 0.6) is 0 Å². The largest absolute Gasteiger partial charge is 0.299 e. The smallest absolute Gasteiger partial charge is 0.135 e. The molecular formula is C10H20OS. The Morgan fingerprint density at radius 1 is 1.33 bits per heavy atom.